The number of hydrogen-bond acceptors (Lipinski definition) is 4. The molecule has 1 aromatic carbocycles. The third-order valence-electron chi connectivity index (χ3n) is 6.21. The first-order chi connectivity index (χ1) is 15.9. The number of rotatable bonds is 8. The van der Waals surface area contributed by atoms with Gasteiger partial charge in [-0.1, -0.05) is 24.4 Å². The van der Waals surface area contributed by atoms with Gasteiger partial charge in [0.2, 0.25) is 11.8 Å². The molecule has 10 heteroatoms. The van der Waals surface area contributed by atoms with E-state index >= 15 is 0 Å². The maximum absolute atomic E-state index is 13.7. The van der Waals surface area contributed by atoms with Crippen LogP contribution >= 0.6 is 11.6 Å². The third-order valence-corrected chi connectivity index (χ3v) is 6.60. The first-order valence-electron chi connectivity index (χ1n) is 11.1. The second-order valence-corrected chi connectivity index (χ2v) is 9.14. The molecule has 2 heterocycles. The number of H-pyrrole nitrogens is 1. The van der Waals surface area contributed by atoms with Crippen LogP contribution in [0.25, 0.3) is 10.9 Å². The smallest absolute Gasteiger partial charge is 0.268 e. The molecule has 3 atom stereocenters. The summed E-state index contributed by atoms with van der Waals surface area (Å²) in [4.78, 5) is 40.8. The Morgan fingerprint density at radius 3 is 2.73 bits per heavy atom. The van der Waals surface area contributed by atoms with Crippen LogP contribution in [0.5, 0.6) is 0 Å². The number of amides is 3. The predicted molar refractivity (Wildman–Crippen MR) is 120 cm³/mol. The Morgan fingerprint density at radius 2 is 2.03 bits per heavy atom. The van der Waals surface area contributed by atoms with Gasteiger partial charge in [0.1, 0.15) is 23.6 Å². The number of nitriles is 1. The van der Waals surface area contributed by atoms with Crippen molar-refractivity contribution in [1.82, 2.24) is 20.9 Å². The average molecular weight is 474 g/mol. The summed E-state index contributed by atoms with van der Waals surface area (Å²) in [7, 11) is 0. The number of carbonyl (C=O) groups excluding carboxylic acids is 3. The van der Waals surface area contributed by atoms with E-state index in [9.17, 15) is 24.0 Å². The van der Waals surface area contributed by atoms with Crippen LogP contribution in [0.2, 0.25) is 5.02 Å². The molecule has 1 saturated heterocycles. The van der Waals surface area contributed by atoms with Crippen LogP contribution < -0.4 is 16.0 Å². The third kappa shape index (κ3) is 5.45. The number of aromatic nitrogens is 1. The predicted octanol–water partition coefficient (Wildman–Crippen LogP) is 2.78. The average Bonchev–Trinajstić information content (AvgIpc) is 3.51. The standard InChI is InChI=1S/C23H25ClFN5O3/c24-20-15-10-19(29-17(15)6-5-16(20)25)23(33)30-18(8-12-3-4-12)22(32)28-14(11-26)9-13-2-1-7-27-21(13)31/h5-6,10,12-14,18,29H,1-4,7-9H2,(H,27,31)(H,28,32)(H,30,33). The van der Waals surface area contributed by atoms with Gasteiger partial charge in [-0.3, -0.25) is 14.4 Å². The van der Waals surface area contributed by atoms with Crippen LogP contribution in [0.1, 0.15) is 49.0 Å². The molecule has 8 nitrogen and oxygen atoms in total. The van der Waals surface area contributed by atoms with Crippen molar-refractivity contribution in [2.75, 3.05) is 6.54 Å². The van der Waals surface area contributed by atoms with E-state index in [1.54, 1.807) is 0 Å². The Bertz CT molecular complexity index is 1120. The summed E-state index contributed by atoms with van der Waals surface area (Å²) in [6.07, 6.45) is 4.14. The second kappa shape index (κ2) is 9.79. The Hall–Kier alpha value is -3.12. The van der Waals surface area contributed by atoms with Gasteiger partial charge in [0.05, 0.1) is 11.1 Å². The van der Waals surface area contributed by atoms with Crippen molar-refractivity contribution < 1.29 is 18.8 Å². The lowest BCUT2D eigenvalue weighted by Gasteiger charge is -2.25. The lowest BCUT2D eigenvalue weighted by Crippen LogP contribution is -2.50. The second-order valence-electron chi connectivity index (χ2n) is 8.77. The van der Waals surface area contributed by atoms with Gasteiger partial charge in [0, 0.05) is 23.4 Å². The summed E-state index contributed by atoms with van der Waals surface area (Å²) in [6.45, 7) is 0.625. The molecule has 0 radical (unpaired) electrons. The van der Waals surface area contributed by atoms with Gasteiger partial charge in [-0.15, -0.1) is 0 Å². The number of nitrogens with one attached hydrogen (secondary N) is 4. The minimum atomic E-state index is -0.834. The van der Waals surface area contributed by atoms with Gasteiger partial charge in [-0.25, -0.2) is 4.39 Å². The molecule has 1 aromatic heterocycles. The fourth-order valence-electron chi connectivity index (χ4n) is 4.18. The number of hydrogen-bond donors (Lipinski definition) is 4. The maximum Gasteiger partial charge on any atom is 0.268 e. The molecule has 1 aliphatic carbocycles. The van der Waals surface area contributed by atoms with Crippen molar-refractivity contribution in [2.24, 2.45) is 11.8 Å². The van der Waals surface area contributed by atoms with Crippen molar-refractivity contribution in [2.45, 2.75) is 50.6 Å². The van der Waals surface area contributed by atoms with Gasteiger partial charge < -0.3 is 20.9 Å². The summed E-state index contributed by atoms with van der Waals surface area (Å²) in [6, 6.07) is 4.53. The van der Waals surface area contributed by atoms with Crippen LogP contribution in [-0.2, 0) is 9.59 Å². The zero-order chi connectivity index (χ0) is 23.5. The van der Waals surface area contributed by atoms with Crippen molar-refractivity contribution in [3.63, 3.8) is 0 Å². The summed E-state index contributed by atoms with van der Waals surface area (Å²) in [5.41, 5.74) is 0.659. The molecule has 33 heavy (non-hydrogen) atoms. The molecule has 0 bridgehead atoms. The van der Waals surface area contributed by atoms with E-state index in [0.29, 0.717) is 36.2 Å². The highest BCUT2D eigenvalue weighted by atomic mass is 35.5. The first kappa shape index (κ1) is 23.1. The van der Waals surface area contributed by atoms with Crippen molar-refractivity contribution in [3.8, 4) is 6.07 Å². The van der Waals surface area contributed by atoms with Gasteiger partial charge >= 0.3 is 0 Å². The fraction of sp³-hybridized carbons (Fsp3) is 0.478. The topological polar surface area (TPSA) is 127 Å². The number of fused-ring (bicyclic) bond motifs is 1. The zero-order valence-electron chi connectivity index (χ0n) is 17.9. The molecule has 3 unspecified atom stereocenters. The van der Waals surface area contributed by atoms with Gasteiger partial charge in [-0.05, 0) is 49.8 Å². The van der Waals surface area contributed by atoms with E-state index < -0.39 is 29.7 Å². The molecule has 1 saturated carbocycles. The summed E-state index contributed by atoms with van der Waals surface area (Å²) in [5.74, 6) is -1.67. The molecule has 3 amide bonds. The maximum atomic E-state index is 13.7. The van der Waals surface area contributed by atoms with Crippen LogP contribution in [0.3, 0.4) is 0 Å². The number of carbonyl (C=O) groups is 3. The summed E-state index contributed by atoms with van der Waals surface area (Å²) >= 11 is 5.99. The van der Waals surface area contributed by atoms with E-state index in [1.165, 1.54) is 18.2 Å². The molecule has 1 aliphatic heterocycles. The summed E-state index contributed by atoms with van der Waals surface area (Å²) in [5, 5.41) is 18.0. The number of nitrogens with zero attached hydrogens (tertiary/aromatic N) is 1. The van der Waals surface area contributed by atoms with Crippen molar-refractivity contribution in [1.29, 1.82) is 5.26 Å². The monoisotopic (exact) mass is 473 g/mol. The normalized spacial score (nSPS) is 19.9. The largest absolute Gasteiger partial charge is 0.356 e. The molecular weight excluding hydrogens is 449 g/mol. The zero-order valence-corrected chi connectivity index (χ0v) is 18.7. The number of benzene rings is 1. The number of aromatic amines is 1. The van der Waals surface area contributed by atoms with Crippen LogP contribution in [0.15, 0.2) is 18.2 Å². The van der Waals surface area contributed by atoms with Gasteiger partial charge in [-0.2, -0.15) is 5.26 Å². The summed E-state index contributed by atoms with van der Waals surface area (Å²) < 4.78 is 13.7. The Kier molecular flexibility index (Phi) is 6.84. The van der Waals surface area contributed by atoms with E-state index in [1.807, 2.05) is 0 Å². The Balaban J connectivity index is 1.44. The Labute approximate surface area is 195 Å². The van der Waals surface area contributed by atoms with E-state index in [-0.39, 0.29) is 29.0 Å². The van der Waals surface area contributed by atoms with E-state index in [4.69, 9.17) is 11.6 Å². The lowest BCUT2D eigenvalue weighted by molar-refractivity contribution is -0.128. The molecule has 0 spiro atoms. The molecule has 174 valence electrons. The minimum Gasteiger partial charge on any atom is -0.356 e. The molecule has 4 N–H and O–H groups in total. The molecule has 2 aliphatic rings. The van der Waals surface area contributed by atoms with Crippen LogP contribution in [-0.4, -0.2) is 41.3 Å². The first-order valence-corrected chi connectivity index (χ1v) is 11.5. The highest BCUT2D eigenvalue weighted by Gasteiger charge is 2.33. The van der Waals surface area contributed by atoms with Crippen LogP contribution in [0.4, 0.5) is 4.39 Å². The van der Waals surface area contributed by atoms with E-state index in [0.717, 1.165) is 19.3 Å². The highest BCUT2D eigenvalue weighted by molar-refractivity contribution is 6.35. The van der Waals surface area contributed by atoms with Crippen molar-refractivity contribution in [3.05, 3.63) is 34.7 Å². The molecule has 4 rings (SSSR count). The lowest BCUT2D eigenvalue weighted by atomic mass is 9.92. The minimum absolute atomic E-state index is 0.0846. The van der Waals surface area contributed by atoms with Crippen molar-refractivity contribution >= 4 is 40.2 Å². The van der Waals surface area contributed by atoms with E-state index in [2.05, 4.69) is 27.0 Å². The van der Waals surface area contributed by atoms with Gasteiger partial charge in [0.25, 0.3) is 5.91 Å². The van der Waals surface area contributed by atoms with Crippen LogP contribution in [0, 0.1) is 29.0 Å². The molecular formula is C23H25ClFN5O3. The SMILES string of the molecule is N#CC(CC1CCCNC1=O)NC(=O)C(CC1CC1)NC(=O)c1cc2c(Cl)c(F)ccc2[nH]1. The fourth-order valence-corrected chi connectivity index (χ4v) is 4.40. The quantitative estimate of drug-likeness (QED) is 0.470. The highest BCUT2D eigenvalue weighted by Crippen LogP contribution is 2.34. The number of piperidine rings is 1. The Morgan fingerprint density at radius 1 is 1.24 bits per heavy atom. The van der Waals surface area contributed by atoms with Gasteiger partial charge in [0.15, 0.2) is 0 Å². The molecule has 2 fully saturated rings. The molecule has 2 aromatic rings. The number of halogens is 2.